The summed E-state index contributed by atoms with van der Waals surface area (Å²) in [6.45, 7) is 6.57. The molecule has 0 unspecified atom stereocenters. The van der Waals surface area contributed by atoms with Gasteiger partial charge >= 0.3 is 0 Å². The average molecular weight is 351 g/mol. The zero-order valence-electron chi connectivity index (χ0n) is 12.1. The smallest absolute Gasteiger partial charge is 0.198 e. The molecule has 110 valence electrons. The molecule has 1 aliphatic heterocycles. The van der Waals surface area contributed by atoms with Crippen molar-refractivity contribution in [3.8, 4) is 11.5 Å². The summed E-state index contributed by atoms with van der Waals surface area (Å²) in [4.78, 5) is 12.8. The highest BCUT2D eigenvalue weighted by atomic mass is 79.9. The van der Waals surface area contributed by atoms with Gasteiger partial charge in [-0.15, -0.1) is 0 Å². The first kappa shape index (κ1) is 14.2. The number of ether oxygens (including phenoxy) is 2. The third-order valence-corrected chi connectivity index (χ3v) is 4.32. The first-order chi connectivity index (χ1) is 9.99. The van der Waals surface area contributed by atoms with Crippen molar-refractivity contribution >= 4 is 21.7 Å². The van der Waals surface area contributed by atoms with Crippen molar-refractivity contribution in [2.24, 2.45) is 0 Å². The molecule has 3 rings (SSSR count). The summed E-state index contributed by atoms with van der Waals surface area (Å²) in [5.74, 6) is 2.58. The molecule has 0 radical (unpaired) electrons. The van der Waals surface area contributed by atoms with E-state index in [1.54, 1.807) is 19.1 Å². The van der Waals surface area contributed by atoms with Crippen LogP contribution in [0.15, 0.2) is 21.0 Å². The van der Waals surface area contributed by atoms with E-state index in [1.165, 1.54) is 0 Å². The number of rotatable bonds is 2. The SMILES string of the molecule is Cc1oc(C)c(C(=O)c2cc3c(cc2Br)OCCO3)c1C. The zero-order chi connectivity index (χ0) is 15.1. The standard InChI is InChI=1S/C16H15BrO4/c1-8-9(2)21-10(3)15(8)16(18)11-6-13-14(7-12(11)17)20-5-4-19-13/h6-7H,4-5H2,1-3H3. The second-order valence-corrected chi connectivity index (χ2v) is 5.87. The minimum atomic E-state index is -0.0781. The molecule has 0 atom stereocenters. The zero-order valence-corrected chi connectivity index (χ0v) is 13.7. The summed E-state index contributed by atoms with van der Waals surface area (Å²) >= 11 is 3.44. The van der Waals surface area contributed by atoms with Crippen LogP contribution in [0.4, 0.5) is 0 Å². The Morgan fingerprint density at radius 2 is 1.67 bits per heavy atom. The second kappa shape index (κ2) is 5.22. The molecule has 0 spiro atoms. The number of benzene rings is 1. The number of ketones is 1. The maximum Gasteiger partial charge on any atom is 0.198 e. The Labute approximate surface area is 131 Å². The fourth-order valence-electron chi connectivity index (χ4n) is 2.50. The van der Waals surface area contributed by atoms with E-state index in [1.807, 2.05) is 13.8 Å². The summed E-state index contributed by atoms with van der Waals surface area (Å²) in [7, 11) is 0. The molecule has 0 saturated carbocycles. The van der Waals surface area contributed by atoms with E-state index < -0.39 is 0 Å². The Bertz CT molecular complexity index is 730. The minimum absolute atomic E-state index is 0.0781. The average Bonchev–Trinajstić information content (AvgIpc) is 2.70. The van der Waals surface area contributed by atoms with Crippen LogP contribution < -0.4 is 9.47 Å². The lowest BCUT2D eigenvalue weighted by atomic mass is 9.99. The van der Waals surface area contributed by atoms with Crippen LogP contribution in [0.2, 0.25) is 0 Å². The van der Waals surface area contributed by atoms with Gasteiger partial charge in [-0.05, 0) is 48.8 Å². The topological polar surface area (TPSA) is 48.7 Å². The van der Waals surface area contributed by atoms with E-state index >= 15 is 0 Å². The lowest BCUT2D eigenvalue weighted by Gasteiger charge is -2.19. The molecular weight excluding hydrogens is 336 g/mol. The number of aryl methyl sites for hydroxylation is 2. The molecule has 2 aromatic rings. The predicted octanol–water partition coefficient (Wildman–Crippen LogP) is 3.97. The highest BCUT2D eigenvalue weighted by Crippen LogP contribution is 2.37. The number of furan rings is 1. The summed E-state index contributed by atoms with van der Waals surface area (Å²) in [6, 6.07) is 3.50. The molecule has 0 amide bonds. The van der Waals surface area contributed by atoms with E-state index in [-0.39, 0.29) is 5.78 Å². The molecular formula is C16H15BrO4. The van der Waals surface area contributed by atoms with Gasteiger partial charge in [0.1, 0.15) is 24.7 Å². The minimum Gasteiger partial charge on any atom is -0.486 e. The predicted molar refractivity (Wildman–Crippen MR) is 81.5 cm³/mol. The van der Waals surface area contributed by atoms with Crippen LogP contribution in [0.5, 0.6) is 11.5 Å². The van der Waals surface area contributed by atoms with Crippen LogP contribution in [-0.4, -0.2) is 19.0 Å². The van der Waals surface area contributed by atoms with Gasteiger partial charge in [-0.1, -0.05) is 0 Å². The molecule has 5 heteroatoms. The quantitative estimate of drug-likeness (QED) is 0.769. The van der Waals surface area contributed by atoms with Crippen LogP contribution in [0.1, 0.15) is 33.0 Å². The Balaban J connectivity index is 2.09. The fraction of sp³-hybridized carbons (Fsp3) is 0.312. The number of carbonyl (C=O) groups excluding carboxylic acids is 1. The molecule has 0 aliphatic carbocycles. The first-order valence-electron chi connectivity index (χ1n) is 6.69. The summed E-state index contributed by atoms with van der Waals surface area (Å²) in [5.41, 5.74) is 2.04. The van der Waals surface area contributed by atoms with Gasteiger partial charge in [0.05, 0.1) is 5.56 Å². The number of fused-ring (bicyclic) bond motifs is 1. The maximum atomic E-state index is 12.8. The fourth-order valence-corrected chi connectivity index (χ4v) is 3.00. The lowest BCUT2D eigenvalue weighted by molar-refractivity contribution is 0.103. The Morgan fingerprint density at radius 3 is 2.24 bits per heavy atom. The number of hydrogen-bond donors (Lipinski definition) is 0. The van der Waals surface area contributed by atoms with Gasteiger partial charge in [0.25, 0.3) is 0 Å². The summed E-state index contributed by atoms with van der Waals surface area (Å²) in [5, 5.41) is 0. The van der Waals surface area contributed by atoms with Crippen LogP contribution in [0.25, 0.3) is 0 Å². The van der Waals surface area contributed by atoms with Crippen LogP contribution in [0, 0.1) is 20.8 Å². The van der Waals surface area contributed by atoms with Gasteiger partial charge in [-0.3, -0.25) is 4.79 Å². The Hall–Kier alpha value is -1.75. The second-order valence-electron chi connectivity index (χ2n) is 5.02. The molecule has 1 aliphatic rings. The van der Waals surface area contributed by atoms with Gasteiger partial charge in [0, 0.05) is 15.6 Å². The molecule has 1 aromatic heterocycles. The first-order valence-corrected chi connectivity index (χ1v) is 7.48. The van der Waals surface area contributed by atoms with E-state index in [0.717, 1.165) is 11.3 Å². The number of hydrogen-bond acceptors (Lipinski definition) is 4. The summed E-state index contributed by atoms with van der Waals surface area (Å²) < 4.78 is 17.3. The molecule has 0 N–H and O–H groups in total. The van der Waals surface area contributed by atoms with Gasteiger partial charge in [-0.2, -0.15) is 0 Å². The molecule has 21 heavy (non-hydrogen) atoms. The Morgan fingerprint density at radius 1 is 1.05 bits per heavy atom. The Kier molecular flexibility index (Phi) is 3.53. The van der Waals surface area contributed by atoms with Gasteiger partial charge < -0.3 is 13.9 Å². The van der Waals surface area contributed by atoms with Crippen molar-refractivity contribution in [3.05, 3.63) is 44.8 Å². The van der Waals surface area contributed by atoms with Crippen LogP contribution in [0.3, 0.4) is 0 Å². The van der Waals surface area contributed by atoms with Gasteiger partial charge in [0.15, 0.2) is 17.3 Å². The summed E-state index contributed by atoms with van der Waals surface area (Å²) in [6.07, 6.45) is 0. The van der Waals surface area contributed by atoms with Gasteiger partial charge in [0.2, 0.25) is 0 Å². The number of carbonyl (C=O) groups is 1. The molecule has 0 bridgehead atoms. The van der Waals surface area contributed by atoms with Crippen LogP contribution in [-0.2, 0) is 0 Å². The van der Waals surface area contributed by atoms with Crippen molar-refractivity contribution in [1.82, 2.24) is 0 Å². The molecule has 4 nitrogen and oxygen atoms in total. The lowest BCUT2D eigenvalue weighted by Crippen LogP contribution is -2.16. The molecule has 1 aromatic carbocycles. The monoisotopic (exact) mass is 350 g/mol. The highest BCUT2D eigenvalue weighted by molar-refractivity contribution is 9.10. The van der Waals surface area contributed by atoms with Gasteiger partial charge in [-0.25, -0.2) is 0 Å². The number of halogens is 1. The van der Waals surface area contributed by atoms with E-state index in [4.69, 9.17) is 13.9 Å². The molecule has 2 heterocycles. The third-order valence-electron chi connectivity index (χ3n) is 3.66. The van der Waals surface area contributed by atoms with Crippen molar-refractivity contribution < 1.29 is 18.7 Å². The van der Waals surface area contributed by atoms with Crippen LogP contribution >= 0.6 is 15.9 Å². The normalized spacial score (nSPS) is 13.3. The van der Waals surface area contributed by atoms with Crippen molar-refractivity contribution in [2.75, 3.05) is 13.2 Å². The van der Waals surface area contributed by atoms with Crippen molar-refractivity contribution in [2.45, 2.75) is 20.8 Å². The highest BCUT2D eigenvalue weighted by Gasteiger charge is 2.24. The van der Waals surface area contributed by atoms with Crippen molar-refractivity contribution in [1.29, 1.82) is 0 Å². The van der Waals surface area contributed by atoms with E-state index in [9.17, 15) is 4.79 Å². The maximum absolute atomic E-state index is 12.8. The third kappa shape index (κ3) is 2.35. The largest absolute Gasteiger partial charge is 0.486 e. The molecule has 0 fully saturated rings. The molecule has 0 saturated heterocycles. The van der Waals surface area contributed by atoms with Crippen molar-refractivity contribution in [3.63, 3.8) is 0 Å². The van der Waals surface area contributed by atoms with E-state index in [2.05, 4.69) is 15.9 Å². The van der Waals surface area contributed by atoms with E-state index in [0.29, 0.717) is 46.1 Å².